The molecule has 3 aromatic rings. The zero-order valence-corrected chi connectivity index (χ0v) is 18.7. The van der Waals surface area contributed by atoms with E-state index >= 15 is 0 Å². The summed E-state index contributed by atoms with van der Waals surface area (Å²) in [5.41, 5.74) is 1.54. The number of aromatic hydroxyl groups is 1. The molecule has 1 aliphatic rings. The lowest BCUT2D eigenvalue weighted by Crippen LogP contribution is -2.48. The van der Waals surface area contributed by atoms with E-state index in [2.05, 4.69) is 4.90 Å². The van der Waals surface area contributed by atoms with E-state index in [0.29, 0.717) is 38.3 Å². The van der Waals surface area contributed by atoms with E-state index in [0.717, 1.165) is 16.3 Å². The highest BCUT2D eigenvalue weighted by molar-refractivity contribution is 7.88. The van der Waals surface area contributed by atoms with Crippen molar-refractivity contribution >= 4 is 26.8 Å². The number of rotatable bonds is 6. The largest absolute Gasteiger partial charge is 0.507 e. The Labute approximate surface area is 187 Å². The number of methoxy groups -OCH3 is 1. The zero-order chi connectivity index (χ0) is 22.7. The van der Waals surface area contributed by atoms with Crippen LogP contribution in [0.3, 0.4) is 0 Å². The van der Waals surface area contributed by atoms with Crippen LogP contribution >= 0.6 is 0 Å². The summed E-state index contributed by atoms with van der Waals surface area (Å²) in [5.74, 6) is -0.693. The van der Waals surface area contributed by atoms with Crippen molar-refractivity contribution in [3.8, 4) is 5.75 Å². The van der Waals surface area contributed by atoms with Crippen molar-refractivity contribution < 1.29 is 23.1 Å². The number of hydrogen-bond donors (Lipinski definition) is 1. The highest BCUT2D eigenvalue weighted by Crippen LogP contribution is 2.33. The van der Waals surface area contributed by atoms with Gasteiger partial charge in [0.25, 0.3) is 0 Å². The second-order valence-electron chi connectivity index (χ2n) is 7.88. The van der Waals surface area contributed by atoms with E-state index in [-0.39, 0.29) is 17.1 Å². The maximum Gasteiger partial charge on any atom is 0.341 e. The van der Waals surface area contributed by atoms with E-state index in [4.69, 9.17) is 4.74 Å². The van der Waals surface area contributed by atoms with Gasteiger partial charge in [-0.2, -0.15) is 4.31 Å². The number of piperazine rings is 1. The van der Waals surface area contributed by atoms with E-state index in [1.54, 1.807) is 6.07 Å². The molecule has 1 saturated heterocycles. The Kier molecular flexibility index (Phi) is 6.45. The van der Waals surface area contributed by atoms with Gasteiger partial charge in [0.15, 0.2) is 0 Å². The monoisotopic (exact) mass is 454 g/mol. The number of carbonyl (C=O) groups excluding carboxylic acids is 1. The van der Waals surface area contributed by atoms with Gasteiger partial charge < -0.3 is 9.84 Å². The van der Waals surface area contributed by atoms with Gasteiger partial charge in [-0.25, -0.2) is 13.2 Å². The number of ether oxygens (including phenoxy) is 1. The third kappa shape index (κ3) is 4.62. The fourth-order valence-electron chi connectivity index (χ4n) is 4.10. The van der Waals surface area contributed by atoms with Crippen molar-refractivity contribution in [2.24, 2.45) is 0 Å². The van der Waals surface area contributed by atoms with Gasteiger partial charge >= 0.3 is 5.97 Å². The van der Waals surface area contributed by atoms with Crippen LogP contribution in [0.25, 0.3) is 10.8 Å². The summed E-state index contributed by atoms with van der Waals surface area (Å²) in [6, 6.07) is 18.4. The summed E-state index contributed by atoms with van der Waals surface area (Å²) >= 11 is 0. The number of phenolic OH excluding ortho intramolecular Hbond substituents is 1. The van der Waals surface area contributed by atoms with Crippen molar-refractivity contribution in [1.82, 2.24) is 9.21 Å². The van der Waals surface area contributed by atoms with E-state index in [9.17, 15) is 18.3 Å². The molecule has 168 valence electrons. The van der Waals surface area contributed by atoms with Crippen molar-refractivity contribution in [3.63, 3.8) is 0 Å². The zero-order valence-electron chi connectivity index (χ0n) is 17.9. The van der Waals surface area contributed by atoms with E-state index in [1.807, 2.05) is 54.6 Å². The normalized spacial score (nSPS) is 15.7. The smallest absolute Gasteiger partial charge is 0.341 e. The molecule has 0 amide bonds. The second-order valence-corrected chi connectivity index (χ2v) is 9.85. The predicted octanol–water partition coefficient (Wildman–Crippen LogP) is 2.98. The summed E-state index contributed by atoms with van der Waals surface area (Å²) < 4.78 is 32.0. The molecule has 0 saturated carbocycles. The van der Waals surface area contributed by atoms with Gasteiger partial charge in [0.2, 0.25) is 10.0 Å². The molecule has 0 spiro atoms. The van der Waals surface area contributed by atoms with E-state index < -0.39 is 16.0 Å². The molecule has 7 nitrogen and oxygen atoms in total. The lowest BCUT2D eigenvalue weighted by Gasteiger charge is -2.34. The molecule has 32 heavy (non-hydrogen) atoms. The molecule has 0 aromatic heterocycles. The molecule has 0 bridgehead atoms. The number of phenols is 1. The highest BCUT2D eigenvalue weighted by atomic mass is 32.2. The molecular formula is C24H26N2O5S. The lowest BCUT2D eigenvalue weighted by molar-refractivity contribution is 0.0597. The van der Waals surface area contributed by atoms with Crippen LogP contribution in [0.1, 0.15) is 21.5 Å². The summed E-state index contributed by atoms with van der Waals surface area (Å²) in [4.78, 5) is 14.3. The third-order valence-corrected chi connectivity index (χ3v) is 7.68. The quantitative estimate of drug-likeness (QED) is 0.577. The first-order valence-corrected chi connectivity index (χ1v) is 12.1. The van der Waals surface area contributed by atoms with Crippen molar-refractivity contribution in [1.29, 1.82) is 0 Å². The second kappa shape index (κ2) is 9.28. The van der Waals surface area contributed by atoms with Crippen LogP contribution in [0.15, 0.2) is 60.7 Å². The van der Waals surface area contributed by atoms with Crippen molar-refractivity contribution in [3.05, 3.63) is 77.4 Å². The van der Waals surface area contributed by atoms with Gasteiger partial charge in [-0.1, -0.05) is 54.6 Å². The maximum atomic E-state index is 12.8. The van der Waals surface area contributed by atoms with Gasteiger partial charge in [-0.3, -0.25) is 4.90 Å². The maximum absolute atomic E-state index is 12.8. The number of fused-ring (bicyclic) bond motifs is 1. The number of hydrogen-bond acceptors (Lipinski definition) is 6. The molecule has 0 radical (unpaired) electrons. The van der Waals surface area contributed by atoms with Crippen LogP contribution in [-0.4, -0.2) is 62.0 Å². The van der Waals surface area contributed by atoms with Gasteiger partial charge in [0.1, 0.15) is 11.3 Å². The molecule has 4 rings (SSSR count). The van der Waals surface area contributed by atoms with Gasteiger partial charge in [-0.05, 0) is 22.4 Å². The molecule has 0 aliphatic carbocycles. The van der Waals surface area contributed by atoms with Crippen LogP contribution in [0.4, 0.5) is 0 Å². The van der Waals surface area contributed by atoms with Crippen molar-refractivity contribution in [2.75, 3.05) is 33.3 Å². The van der Waals surface area contributed by atoms with Gasteiger partial charge in [0.05, 0.1) is 12.9 Å². The molecule has 3 aromatic carbocycles. The molecule has 0 unspecified atom stereocenters. The third-order valence-electron chi connectivity index (χ3n) is 5.83. The highest BCUT2D eigenvalue weighted by Gasteiger charge is 2.28. The number of esters is 1. The van der Waals surface area contributed by atoms with Crippen LogP contribution in [0.2, 0.25) is 0 Å². The first-order chi connectivity index (χ1) is 15.4. The minimum Gasteiger partial charge on any atom is -0.507 e. The molecule has 1 fully saturated rings. The first kappa shape index (κ1) is 22.3. The SMILES string of the molecule is COC(=O)c1cc2ccccc2c(CN2CCN(S(=O)(=O)Cc3ccccc3)CC2)c1O. The average Bonchev–Trinajstić information content (AvgIpc) is 2.81. The predicted molar refractivity (Wildman–Crippen MR) is 123 cm³/mol. The van der Waals surface area contributed by atoms with Gasteiger partial charge in [-0.15, -0.1) is 0 Å². The molecule has 1 heterocycles. The Morgan fingerprint density at radius 2 is 1.66 bits per heavy atom. The van der Waals surface area contributed by atoms with Crippen molar-refractivity contribution in [2.45, 2.75) is 12.3 Å². The summed E-state index contributed by atoms with van der Waals surface area (Å²) in [7, 11) is -2.12. The standard InChI is InChI=1S/C24H26N2O5S/c1-31-24(28)21-15-19-9-5-6-10-20(19)22(23(21)27)16-25-11-13-26(14-12-25)32(29,30)17-18-7-3-2-4-8-18/h2-10,15,27H,11-14,16-17H2,1H3. The fraction of sp³-hybridized carbons (Fsp3) is 0.292. The van der Waals surface area contributed by atoms with Crippen LogP contribution < -0.4 is 0 Å². The summed E-state index contributed by atoms with van der Waals surface area (Å²) in [6.45, 7) is 2.23. The molecule has 8 heteroatoms. The first-order valence-electron chi connectivity index (χ1n) is 10.4. The molecule has 1 aliphatic heterocycles. The number of carbonyl (C=O) groups is 1. The minimum absolute atomic E-state index is 0.0135. The fourth-order valence-corrected chi connectivity index (χ4v) is 5.62. The number of benzene rings is 3. The van der Waals surface area contributed by atoms with Crippen LogP contribution in [0, 0.1) is 0 Å². The molecular weight excluding hydrogens is 428 g/mol. The molecule has 1 N–H and O–H groups in total. The Morgan fingerprint density at radius 3 is 2.34 bits per heavy atom. The van der Waals surface area contributed by atoms with Crippen LogP contribution in [-0.2, 0) is 27.1 Å². The Balaban J connectivity index is 1.51. The summed E-state index contributed by atoms with van der Waals surface area (Å²) in [5, 5.41) is 12.5. The summed E-state index contributed by atoms with van der Waals surface area (Å²) in [6.07, 6.45) is 0. The Morgan fingerprint density at radius 1 is 1.00 bits per heavy atom. The number of sulfonamides is 1. The van der Waals surface area contributed by atoms with Crippen LogP contribution in [0.5, 0.6) is 5.75 Å². The topological polar surface area (TPSA) is 87.2 Å². The Bertz CT molecular complexity index is 1220. The van der Waals surface area contributed by atoms with Gasteiger partial charge in [0, 0.05) is 38.3 Å². The Hall–Kier alpha value is -2.94. The lowest BCUT2D eigenvalue weighted by atomic mass is 9.98. The number of nitrogens with zero attached hydrogens (tertiary/aromatic N) is 2. The molecule has 0 atom stereocenters. The minimum atomic E-state index is -3.40. The average molecular weight is 455 g/mol. The van der Waals surface area contributed by atoms with E-state index in [1.165, 1.54) is 11.4 Å².